The second-order valence-corrected chi connectivity index (χ2v) is 5.38. The maximum atomic E-state index is 5.44. The second kappa shape index (κ2) is 5.46. The van der Waals surface area contributed by atoms with E-state index >= 15 is 0 Å². The number of rotatable bonds is 3. The van der Waals surface area contributed by atoms with E-state index in [0.29, 0.717) is 0 Å². The van der Waals surface area contributed by atoms with Gasteiger partial charge in [-0.2, -0.15) is 4.99 Å². The molecule has 1 heterocycles. The lowest BCUT2D eigenvalue weighted by molar-refractivity contribution is 0.271. The van der Waals surface area contributed by atoms with Crippen LogP contribution in [-0.2, 0) is 5.54 Å². The molecule has 17 heavy (non-hydrogen) atoms. The molecule has 1 N–H and O–H groups in total. The van der Waals surface area contributed by atoms with Crippen molar-refractivity contribution in [3.8, 4) is 12.5 Å². The summed E-state index contributed by atoms with van der Waals surface area (Å²) in [6.07, 6.45) is 11.4. The predicted molar refractivity (Wildman–Crippen MR) is 75.7 cm³/mol. The Hall–Kier alpha value is -1.14. The zero-order chi connectivity index (χ0) is 12.1. The van der Waals surface area contributed by atoms with Crippen molar-refractivity contribution in [1.29, 1.82) is 0 Å². The normalized spacial score (nSPS) is 17.8. The second-order valence-electron chi connectivity index (χ2n) is 4.28. The third-order valence-electron chi connectivity index (χ3n) is 3.25. The molecule has 1 aromatic rings. The monoisotopic (exact) mass is 262 g/mol. The maximum Gasteiger partial charge on any atom is 0.0850 e. The van der Waals surface area contributed by atoms with Crippen molar-refractivity contribution in [3.05, 3.63) is 16.3 Å². The molecule has 0 spiro atoms. The van der Waals surface area contributed by atoms with Gasteiger partial charge in [0.2, 0.25) is 0 Å². The molecule has 4 heteroatoms. The van der Waals surface area contributed by atoms with Gasteiger partial charge < -0.3 is 5.32 Å². The van der Waals surface area contributed by atoms with Crippen molar-refractivity contribution in [2.24, 2.45) is 4.99 Å². The Morgan fingerprint density at radius 3 is 2.82 bits per heavy atom. The number of thiophene rings is 1. The summed E-state index contributed by atoms with van der Waals surface area (Å²) in [7, 11) is 0. The van der Waals surface area contributed by atoms with Crippen LogP contribution in [0.2, 0.25) is 0 Å². The molecule has 1 aliphatic carbocycles. The molecule has 0 aromatic carbocycles. The third-order valence-corrected chi connectivity index (χ3v) is 4.46. The topological polar surface area (TPSA) is 24.4 Å². The summed E-state index contributed by atoms with van der Waals surface area (Å²) in [5, 5.41) is 7.62. The van der Waals surface area contributed by atoms with Gasteiger partial charge in [0.15, 0.2) is 0 Å². The first kappa shape index (κ1) is 12.3. The van der Waals surface area contributed by atoms with E-state index in [4.69, 9.17) is 6.42 Å². The quantitative estimate of drug-likeness (QED) is 0.387. The maximum absolute atomic E-state index is 5.44. The molecule has 0 bridgehead atoms. The Morgan fingerprint density at radius 2 is 2.18 bits per heavy atom. The highest BCUT2D eigenvalue weighted by Gasteiger charge is 2.34. The Bertz CT molecular complexity index is 472. The Kier molecular flexibility index (Phi) is 3.96. The highest BCUT2D eigenvalue weighted by atomic mass is 32.1. The van der Waals surface area contributed by atoms with Crippen LogP contribution in [0.3, 0.4) is 0 Å². The van der Waals surface area contributed by atoms with Gasteiger partial charge in [-0.25, -0.2) is 0 Å². The highest BCUT2D eigenvalue weighted by Crippen LogP contribution is 2.41. The predicted octanol–water partition coefficient (Wildman–Crippen LogP) is 3.82. The molecule has 0 aliphatic heterocycles. The van der Waals surface area contributed by atoms with Gasteiger partial charge in [-0.05, 0) is 31.1 Å². The summed E-state index contributed by atoms with van der Waals surface area (Å²) in [4.78, 5) is 5.27. The average molecular weight is 262 g/mol. The lowest BCUT2D eigenvalue weighted by atomic mass is 9.80. The number of terminal acetylenes is 1. The zero-order valence-corrected chi connectivity index (χ0v) is 11.2. The van der Waals surface area contributed by atoms with Crippen LogP contribution in [0.1, 0.15) is 37.0 Å². The van der Waals surface area contributed by atoms with Crippen LogP contribution in [0, 0.1) is 12.5 Å². The summed E-state index contributed by atoms with van der Waals surface area (Å²) >= 11 is 6.32. The Balaban J connectivity index is 2.31. The van der Waals surface area contributed by atoms with Crippen molar-refractivity contribution < 1.29 is 0 Å². The van der Waals surface area contributed by atoms with Crippen LogP contribution in [-0.4, -0.2) is 5.16 Å². The molecule has 0 saturated heterocycles. The largest absolute Gasteiger partial charge is 0.335 e. The van der Waals surface area contributed by atoms with Gasteiger partial charge >= 0.3 is 0 Å². The summed E-state index contributed by atoms with van der Waals surface area (Å²) in [6, 6.07) is 4.68. The van der Waals surface area contributed by atoms with Crippen LogP contribution in [0.25, 0.3) is 0 Å². The van der Waals surface area contributed by atoms with E-state index in [1.807, 2.05) is 5.38 Å². The van der Waals surface area contributed by atoms with Gasteiger partial charge in [0.05, 0.1) is 16.4 Å². The van der Waals surface area contributed by atoms with E-state index in [-0.39, 0.29) is 5.54 Å². The van der Waals surface area contributed by atoms with Crippen molar-refractivity contribution in [3.63, 3.8) is 0 Å². The van der Waals surface area contributed by atoms with Gasteiger partial charge in [-0.3, -0.25) is 0 Å². The van der Waals surface area contributed by atoms with Crippen LogP contribution < -0.4 is 5.32 Å². The first-order valence-corrected chi connectivity index (χ1v) is 6.99. The van der Waals surface area contributed by atoms with Crippen LogP contribution in [0.15, 0.2) is 16.4 Å². The van der Waals surface area contributed by atoms with Gasteiger partial charge in [0.25, 0.3) is 0 Å². The lowest BCUT2D eigenvalue weighted by Crippen LogP contribution is -2.40. The molecule has 1 saturated carbocycles. The van der Waals surface area contributed by atoms with E-state index in [1.54, 1.807) is 11.3 Å². The average Bonchev–Trinajstić information content (AvgIpc) is 2.80. The van der Waals surface area contributed by atoms with Crippen molar-refractivity contribution in [2.45, 2.75) is 37.6 Å². The SMILES string of the molecule is C#CNC1(c2cc(N=C=S)cs2)CCCCC1. The van der Waals surface area contributed by atoms with Crippen molar-refractivity contribution >= 4 is 34.4 Å². The van der Waals surface area contributed by atoms with Crippen molar-refractivity contribution in [1.82, 2.24) is 5.32 Å². The smallest absolute Gasteiger partial charge is 0.0850 e. The number of isothiocyanates is 1. The third kappa shape index (κ3) is 2.58. The number of hydrogen-bond acceptors (Lipinski definition) is 4. The number of nitrogens with one attached hydrogen (secondary N) is 1. The molecule has 1 aromatic heterocycles. The minimum atomic E-state index is -0.0487. The molecule has 0 unspecified atom stereocenters. The summed E-state index contributed by atoms with van der Waals surface area (Å²) in [5.74, 6) is 0. The van der Waals surface area contributed by atoms with Gasteiger partial charge in [-0.15, -0.1) is 11.3 Å². The first-order chi connectivity index (χ1) is 8.30. The standard InChI is InChI=1S/C13H14N2S2/c1-2-15-13(6-4-3-5-7-13)12-8-11(9-17-12)14-10-16/h1,8-9,15H,3-7H2. The Morgan fingerprint density at radius 1 is 1.41 bits per heavy atom. The Labute approximate surface area is 111 Å². The van der Waals surface area contributed by atoms with E-state index in [1.165, 1.54) is 24.1 Å². The minimum Gasteiger partial charge on any atom is -0.335 e. The van der Waals surface area contributed by atoms with Gasteiger partial charge in [0.1, 0.15) is 0 Å². The molecular formula is C13H14N2S2. The van der Waals surface area contributed by atoms with Crippen LogP contribution in [0.4, 0.5) is 5.69 Å². The molecule has 88 valence electrons. The van der Waals surface area contributed by atoms with E-state index in [9.17, 15) is 0 Å². The molecule has 2 rings (SSSR count). The number of nitrogens with zero attached hydrogens (tertiary/aromatic N) is 1. The first-order valence-electron chi connectivity index (χ1n) is 5.70. The zero-order valence-electron chi connectivity index (χ0n) is 9.53. The van der Waals surface area contributed by atoms with Gasteiger partial charge in [-0.1, -0.05) is 25.7 Å². The fraction of sp³-hybridized carbons (Fsp3) is 0.462. The molecule has 0 atom stereocenters. The number of aliphatic imine (C=N–C) groups is 1. The highest BCUT2D eigenvalue weighted by molar-refractivity contribution is 7.78. The molecule has 2 nitrogen and oxygen atoms in total. The molecule has 1 fully saturated rings. The summed E-state index contributed by atoms with van der Waals surface area (Å²) in [6.45, 7) is 0. The summed E-state index contributed by atoms with van der Waals surface area (Å²) in [5.41, 5.74) is 0.830. The number of hydrogen-bond donors (Lipinski definition) is 1. The fourth-order valence-corrected chi connectivity index (χ4v) is 3.56. The van der Waals surface area contributed by atoms with Gasteiger partial charge in [0, 0.05) is 16.3 Å². The molecule has 0 radical (unpaired) electrons. The van der Waals surface area contributed by atoms with E-state index in [0.717, 1.165) is 18.5 Å². The van der Waals surface area contributed by atoms with E-state index < -0.39 is 0 Å². The molecule has 0 amide bonds. The molecular weight excluding hydrogens is 248 g/mol. The van der Waals surface area contributed by atoms with E-state index in [2.05, 4.69) is 39.8 Å². The molecule has 1 aliphatic rings. The fourth-order valence-electron chi connectivity index (χ4n) is 2.41. The van der Waals surface area contributed by atoms with Crippen molar-refractivity contribution in [2.75, 3.05) is 0 Å². The van der Waals surface area contributed by atoms with Crippen LogP contribution in [0.5, 0.6) is 0 Å². The summed E-state index contributed by atoms with van der Waals surface area (Å²) < 4.78 is 0. The van der Waals surface area contributed by atoms with Crippen LogP contribution >= 0.6 is 23.6 Å². The number of thiocarbonyl (C=S) groups is 1. The minimum absolute atomic E-state index is 0.0487. The lowest BCUT2D eigenvalue weighted by Gasteiger charge is -2.35.